The highest BCUT2D eigenvalue weighted by atomic mass is 15.3. The van der Waals surface area contributed by atoms with Gasteiger partial charge in [0.1, 0.15) is 0 Å². The summed E-state index contributed by atoms with van der Waals surface area (Å²) in [6, 6.07) is 8.30. The molecule has 0 bridgehead atoms. The maximum absolute atomic E-state index is 5.70. The normalized spacial score (nSPS) is 10.5. The van der Waals surface area contributed by atoms with Crippen molar-refractivity contribution in [3.63, 3.8) is 0 Å². The van der Waals surface area contributed by atoms with Crippen LogP contribution in [0.15, 0.2) is 36.7 Å². The summed E-state index contributed by atoms with van der Waals surface area (Å²) in [6.07, 6.45) is 4.77. The summed E-state index contributed by atoms with van der Waals surface area (Å²) in [7, 11) is 1.91. The lowest BCUT2D eigenvalue weighted by Gasteiger charge is -2.08. The standard InChI is InChI=1S/C13H18N4/c1-17-10-13(9-16-17)15-7-6-11-4-2-3-5-12(11)8-14/h2-5,9-10,15H,6-8,14H2,1H3. The zero-order valence-corrected chi connectivity index (χ0v) is 10.1. The summed E-state index contributed by atoms with van der Waals surface area (Å²) >= 11 is 0. The van der Waals surface area contributed by atoms with E-state index in [9.17, 15) is 0 Å². The Kier molecular flexibility index (Phi) is 3.77. The summed E-state index contributed by atoms with van der Waals surface area (Å²) in [5.74, 6) is 0. The molecule has 0 amide bonds. The van der Waals surface area contributed by atoms with Crippen LogP contribution in [-0.2, 0) is 20.0 Å². The van der Waals surface area contributed by atoms with Crippen LogP contribution in [-0.4, -0.2) is 16.3 Å². The molecular weight excluding hydrogens is 212 g/mol. The highest BCUT2D eigenvalue weighted by Crippen LogP contribution is 2.09. The Morgan fingerprint density at radius 2 is 2.06 bits per heavy atom. The van der Waals surface area contributed by atoms with E-state index in [1.54, 1.807) is 4.68 Å². The third-order valence-corrected chi connectivity index (χ3v) is 2.77. The molecule has 0 aliphatic carbocycles. The fraction of sp³-hybridized carbons (Fsp3) is 0.308. The monoisotopic (exact) mass is 230 g/mol. The molecule has 2 rings (SSSR count). The van der Waals surface area contributed by atoms with Crippen molar-refractivity contribution in [1.82, 2.24) is 9.78 Å². The second-order valence-corrected chi connectivity index (χ2v) is 4.05. The minimum Gasteiger partial charge on any atom is -0.382 e. The molecule has 2 aromatic rings. The molecule has 0 radical (unpaired) electrons. The molecule has 0 saturated heterocycles. The summed E-state index contributed by atoms with van der Waals surface area (Å²) in [5, 5.41) is 7.45. The lowest BCUT2D eigenvalue weighted by molar-refractivity contribution is 0.768. The van der Waals surface area contributed by atoms with Crippen LogP contribution in [0.1, 0.15) is 11.1 Å². The number of benzene rings is 1. The molecule has 0 aliphatic heterocycles. The van der Waals surface area contributed by atoms with Crippen molar-refractivity contribution < 1.29 is 0 Å². The van der Waals surface area contributed by atoms with Gasteiger partial charge in [0.2, 0.25) is 0 Å². The van der Waals surface area contributed by atoms with Gasteiger partial charge in [0, 0.05) is 26.3 Å². The first-order valence-electron chi connectivity index (χ1n) is 5.79. The number of nitrogens with zero attached hydrogens (tertiary/aromatic N) is 2. The van der Waals surface area contributed by atoms with Crippen LogP contribution >= 0.6 is 0 Å². The molecule has 3 N–H and O–H groups in total. The predicted octanol–water partition coefficient (Wildman–Crippen LogP) is 1.53. The first-order chi connectivity index (χ1) is 8.29. The van der Waals surface area contributed by atoms with E-state index in [-0.39, 0.29) is 0 Å². The first-order valence-corrected chi connectivity index (χ1v) is 5.79. The van der Waals surface area contributed by atoms with Crippen LogP contribution in [0, 0.1) is 0 Å². The fourth-order valence-electron chi connectivity index (χ4n) is 1.85. The molecule has 1 aromatic heterocycles. The highest BCUT2D eigenvalue weighted by Gasteiger charge is 2.00. The van der Waals surface area contributed by atoms with Crippen molar-refractivity contribution in [2.45, 2.75) is 13.0 Å². The van der Waals surface area contributed by atoms with E-state index in [1.807, 2.05) is 25.5 Å². The van der Waals surface area contributed by atoms with E-state index in [0.29, 0.717) is 6.54 Å². The average Bonchev–Trinajstić information content (AvgIpc) is 2.76. The van der Waals surface area contributed by atoms with Crippen LogP contribution in [0.2, 0.25) is 0 Å². The Bertz CT molecular complexity index is 476. The summed E-state index contributed by atoms with van der Waals surface area (Å²) < 4.78 is 1.79. The molecule has 4 heteroatoms. The number of anilines is 1. The molecule has 0 atom stereocenters. The number of hydrogen-bond acceptors (Lipinski definition) is 3. The maximum Gasteiger partial charge on any atom is 0.0726 e. The number of hydrogen-bond donors (Lipinski definition) is 2. The van der Waals surface area contributed by atoms with Crippen molar-refractivity contribution in [2.75, 3.05) is 11.9 Å². The van der Waals surface area contributed by atoms with Gasteiger partial charge in [0.15, 0.2) is 0 Å². The van der Waals surface area contributed by atoms with Gasteiger partial charge in [-0.05, 0) is 17.5 Å². The van der Waals surface area contributed by atoms with Crippen molar-refractivity contribution in [2.24, 2.45) is 12.8 Å². The SMILES string of the molecule is Cn1cc(NCCc2ccccc2CN)cn1. The topological polar surface area (TPSA) is 55.9 Å². The van der Waals surface area contributed by atoms with Gasteiger partial charge in [-0.1, -0.05) is 24.3 Å². The Morgan fingerprint density at radius 3 is 2.71 bits per heavy atom. The van der Waals surface area contributed by atoms with Gasteiger partial charge < -0.3 is 11.1 Å². The van der Waals surface area contributed by atoms with Crippen LogP contribution < -0.4 is 11.1 Å². The van der Waals surface area contributed by atoms with Crippen LogP contribution in [0.4, 0.5) is 5.69 Å². The molecule has 1 heterocycles. The number of rotatable bonds is 5. The first kappa shape index (κ1) is 11.7. The molecule has 0 aliphatic rings. The minimum atomic E-state index is 0.600. The van der Waals surface area contributed by atoms with Gasteiger partial charge >= 0.3 is 0 Å². The molecule has 4 nitrogen and oxygen atoms in total. The van der Waals surface area contributed by atoms with Crippen LogP contribution in [0.5, 0.6) is 0 Å². The Hall–Kier alpha value is -1.81. The fourth-order valence-corrected chi connectivity index (χ4v) is 1.85. The van der Waals surface area contributed by atoms with E-state index in [2.05, 4.69) is 28.6 Å². The molecule has 0 fully saturated rings. The lowest BCUT2D eigenvalue weighted by atomic mass is 10.0. The summed E-state index contributed by atoms with van der Waals surface area (Å²) in [5.41, 5.74) is 9.29. The predicted molar refractivity (Wildman–Crippen MR) is 69.7 cm³/mol. The van der Waals surface area contributed by atoms with Crippen LogP contribution in [0.3, 0.4) is 0 Å². The lowest BCUT2D eigenvalue weighted by Crippen LogP contribution is -2.08. The van der Waals surface area contributed by atoms with Crippen molar-refractivity contribution in [1.29, 1.82) is 0 Å². The third-order valence-electron chi connectivity index (χ3n) is 2.77. The summed E-state index contributed by atoms with van der Waals surface area (Å²) in [4.78, 5) is 0. The maximum atomic E-state index is 5.70. The minimum absolute atomic E-state index is 0.600. The molecule has 90 valence electrons. The van der Waals surface area contributed by atoms with Gasteiger partial charge in [-0.15, -0.1) is 0 Å². The molecule has 0 saturated carbocycles. The third kappa shape index (κ3) is 3.07. The second kappa shape index (κ2) is 5.50. The zero-order valence-electron chi connectivity index (χ0n) is 10.1. The quantitative estimate of drug-likeness (QED) is 0.819. The molecular formula is C13H18N4. The number of aromatic nitrogens is 2. The van der Waals surface area contributed by atoms with Gasteiger partial charge in [-0.3, -0.25) is 4.68 Å². The Morgan fingerprint density at radius 1 is 1.29 bits per heavy atom. The number of aryl methyl sites for hydroxylation is 1. The van der Waals surface area contributed by atoms with Crippen molar-refractivity contribution in [3.8, 4) is 0 Å². The molecule has 17 heavy (non-hydrogen) atoms. The van der Waals surface area contributed by atoms with E-state index >= 15 is 0 Å². The van der Waals surface area contributed by atoms with Crippen molar-refractivity contribution in [3.05, 3.63) is 47.8 Å². The molecule has 0 unspecified atom stereocenters. The zero-order chi connectivity index (χ0) is 12.1. The van der Waals surface area contributed by atoms with E-state index in [1.165, 1.54) is 11.1 Å². The van der Waals surface area contributed by atoms with Gasteiger partial charge in [-0.2, -0.15) is 5.10 Å². The van der Waals surface area contributed by atoms with Gasteiger partial charge in [0.05, 0.1) is 11.9 Å². The summed E-state index contributed by atoms with van der Waals surface area (Å²) in [6.45, 7) is 1.49. The van der Waals surface area contributed by atoms with E-state index < -0.39 is 0 Å². The number of nitrogens with two attached hydrogens (primary N) is 1. The largest absolute Gasteiger partial charge is 0.382 e. The second-order valence-electron chi connectivity index (χ2n) is 4.05. The molecule has 0 spiro atoms. The van der Waals surface area contributed by atoms with E-state index in [0.717, 1.165) is 18.7 Å². The van der Waals surface area contributed by atoms with Gasteiger partial charge in [-0.25, -0.2) is 0 Å². The smallest absolute Gasteiger partial charge is 0.0726 e. The van der Waals surface area contributed by atoms with Crippen molar-refractivity contribution >= 4 is 5.69 Å². The highest BCUT2D eigenvalue weighted by molar-refractivity contribution is 5.38. The number of nitrogens with one attached hydrogen (secondary N) is 1. The van der Waals surface area contributed by atoms with E-state index in [4.69, 9.17) is 5.73 Å². The Balaban J connectivity index is 1.89. The Labute approximate surface area is 101 Å². The molecule has 1 aromatic carbocycles. The average molecular weight is 230 g/mol. The van der Waals surface area contributed by atoms with Gasteiger partial charge in [0.25, 0.3) is 0 Å². The van der Waals surface area contributed by atoms with Crippen LogP contribution in [0.25, 0.3) is 0 Å².